The van der Waals surface area contributed by atoms with E-state index < -0.39 is 30.2 Å². The number of carboxylic acid groups (broad SMARTS) is 3. The molecule has 0 aliphatic carbocycles. The molecule has 0 aromatic carbocycles. The Balaban J connectivity index is 0.00000461. The van der Waals surface area contributed by atoms with Crippen LogP contribution >= 0.6 is 0 Å². The van der Waals surface area contributed by atoms with Gasteiger partial charge in [0, 0.05) is 57.1 Å². The Hall–Kier alpha value is -3.35. The van der Waals surface area contributed by atoms with Gasteiger partial charge in [-0.15, -0.1) is 0 Å². The SMILES string of the molecule is C=Cc1c(C)c2cc3nc(c(CC(=O)O)c4nc(cc5[nH]c(cc1[nH]2)c(C)c5CC)C(C)=C4C(=O)O)[C@@H](CCC(=O)O)[C@@H]3C.[KH]. The van der Waals surface area contributed by atoms with E-state index in [4.69, 9.17) is 9.97 Å². The quantitative estimate of drug-likeness (QED) is 0.191. The van der Waals surface area contributed by atoms with Crippen molar-refractivity contribution in [1.82, 2.24) is 19.9 Å². The first-order chi connectivity index (χ1) is 20.9. The molecule has 2 atom stereocenters. The number of H-pyrrole nitrogens is 2. The normalized spacial score (nSPS) is 15.9. The molecule has 3 aromatic heterocycles. The number of hydrogen-bond donors (Lipinski definition) is 5. The van der Waals surface area contributed by atoms with Crippen LogP contribution in [0.5, 0.6) is 0 Å². The zero-order valence-electron chi connectivity index (χ0n) is 25.5. The molecule has 5 rings (SSSR count). The summed E-state index contributed by atoms with van der Waals surface area (Å²) in [5.74, 6) is -4.13. The van der Waals surface area contributed by atoms with E-state index in [9.17, 15) is 29.7 Å². The number of nitrogens with one attached hydrogen (secondary N) is 2. The molecule has 0 amide bonds. The van der Waals surface area contributed by atoms with E-state index in [0.29, 0.717) is 29.1 Å². The van der Waals surface area contributed by atoms with Crippen molar-refractivity contribution in [3.8, 4) is 0 Å². The van der Waals surface area contributed by atoms with Crippen LogP contribution in [0.4, 0.5) is 0 Å². The molecule has 10 nitrogen and oxygen atoms in total. The number of nitrogens with zero attached hydrogens (tertiary/aromatic N) is 2. The number of carbonyl (C=O) groups is 3. The van der Waals surface area contributed by atoms with E-state index in [-0.39, 0.29) is 87.0 Å². The second-order valence-corrected chi connectivity index (χ2v) is 11.5. The van der Waals surface area contributed by atoms with Crippen LogP contribution in [0, 0.1) is 13.8 Å². The van der Waals surface area contributed by atoms with E-state index >= 15 is 0 Å². The molecule has 11 heteroatoms. The number of aromatic nitrogens is 4. The van der Waals surface area contributed by atoms with Crippen molar-refractivity contribution in [3.63, 3.8) is 0 Å². The average molecular weight is 637 g/mol. The van der Waals surface area contributed by atoms with Gasteiger partial charge in [-0.2, -0.15) is 0 Å². The van der Waals surface area contributed by atoms with E-state index in [2.05, 4.69) is 16.5 Å². The van der Waals surface area contributed by atoms with Gasteiger partial charge in [0.25, 0.3) is 0 Å². The molecule has 8 bridgehead atoms. The van der Waals surface area contributed by atoms with Crippen molar-refractivity contribution >= 4 is 109 Å². The minimum atomic E-state index is -1.23. The fraction of sp³-hybridized carbons (Fsp3) is 0.324. The van der Waals surface area contributed by atoms with E-state index in [0.717, 1.165) is 44.3 Å². The van der Waals surface area contributed by atoms with Crippen molar-refractivity contribution in [2.24, 2.45) is 0 Å². The van der Waals surface area contributed by atoms with E-state index in [1.807, 2.05) is 45.9 Å². The fourth-order valence-electron chi connectivity index (χ4n) is 6.53. The summed E-state index contributed by atoms with van der Waals surface area (Å²) in [4.78, 5) is 53.2. The Bertz CT molecular complexity index is 1950. The third kappa shape index (κ3) is 6.37. The van der Waals surface area contributed by atoms with E-state index in [1.54, 1.807) is 13.0 Å². The first-order valence-corrected chi connectivity index (χ1v) is 14.6. The number of rotatable bonds is 8. The number of aliphatic carboxylic acids is 3. The predicted octanol–water partition coefficient (Wildman–Crippen LogP) is 5.88. The molecule has 0 unspecified atom stereocenters. The van der Waals surface area contributed by atoms with Crippen LogP contribution in [0.1, 0.15) is 96.0 Å². The monoisotopic (exact) mass is 636 g/mol. The Kier molecular flexibility index (Phi) is 10.4. The predicted molar refractivity (Wildman–Crippen MR) is 177 cm³/mol. The summed E-state index contributed by atoms with van der Waals surface area (Å²) >= 11 is 0. The Morgan fingerprint density at radius 2 is 1.58 bits per heavy atom. The van der Waals surface area contributed by atoms with Crippen molar-refractivity contribution < 1.29 is 29.7 Å². The molecular formula is C34H37KN4O6. The Morgan fingerprint density at radius 1 is 0.911 bits per heavy atom. The van der Waals surface area contributed by atoms with Gasteiger partial charge in [0.2, 0.25) is 0 Å². The van der Waals surface area contributed by atoms with Gasteiger partial charge in [0.1, 0.15) is 0 Å². The maximum absolute atomic E-state index is 12.7. The number of aryl methyl sites for hydroxylation is 3. The molecular weight excluding hydrogens is 599 g/mol. The maximum atomic E-state index is 12.7. The van der Waals surface area contributed by atoms with E-state index in [1.165, 1.54) is 0 Å². The number of fused-ring (bicyclic) bond motifs is 8. The van der Waals surface area contributed by atoms with Crippen LogP contribution in [0.25, 0.3) is 39.3 Å². The molecule has 3 aromatic rings. The van der Waals surface area contributed by atoms with Gasteiger partial charge in [-0.05, 0) is 74.1 Å². The zero-order valence-corrected chi connectivity index (χ0v) is 25.5. The number of aromatic amines is 2. The van der Waals surface area contributed by atoms with Gasteiger partial charge in [-0.3, -0.25) is 14.6 Å². The van der Waals surface area contributed by atoms with Crippen molar-refractivity contribution in [2.75, 3.05) is 0 Å². The summed E-state index contributed by atoms with van der Waals surface area (Å²) in [5.41, 5.74) is 9.23. The standard InChI is InChI=1S/C34H36N4O6.K.H/c1-7-19-15(3)23-12-25-17(5)21(9-10-29(39)40)32(37-25)22(11-30(41)42)33-31(34(43)44)18(6)26(38-33)14-28-20(8-2)16(4)24(36-28)13-27(19)35-23;;/h7,12-14,17,21,35-36H,1,8-11H2,2-6H3,(H,39,40)(H,41,42)(H,43,44);;/t17-,21-;;/m0../s1. The number of allylic oxidation sites excluding steroid dienone is 1. The molecule has 0 fully saturated rings. The minimum absolute atomic E-state index is 0. The van der Waals surface area contributed by atoms with Gasteiger partial charge in [-0.25, -0.2) is 9.78 Å². The molecule has 45 heavy (non-hydrogen) atoms. The number of hydrogen-bond acceptors (Lipinski definition) is 5. The molecule has 2 aliphatic rings. The summed E-state index contributed by atoms with van der Waals surface area (Å²) in [7, 11) is 0. The molecule has 0 spiro atoms. The summed E-state index contributed by atoms with van der Waals surface area (Å²) in [6, 6.07) is 5.75. The summed E-state index contributed by atoms with van der Waals surface area (Å²) in [6.45, 7) is 13.7. The Morgan fingerprint density at radius 3 is 2.18 bits per heavy atom. The molecule has 5 heterocycles. The van der Waals surface area contributed by atoms with Crippen LogP contribution in [0.3, 0.4) is 0 Å². The second-order valence-electron chi connectivity index (χ2n) is 11.5. The number of carboxylic acids is 3. The van der Waals surface area contributed by atoms with Crippen LogP contribution in [-0.4, -0.2) is 105 Å². The molecule has 2 aliphatic heterocycles. The van der Waals surface area contributed by atoms with Crippen molar-refractivity contribution in [1.29, 1.82) is 0 Å². The third-order valence-electron chi connectivity index (χ3n) is 8.94. The third-order valence-corrected chi connectivity index (χ3v) is 8.94. The average Bonchev–Trinajstić information content (AvgIpc) is 3.63. The zero-order chi connectivity index (χ0) is 32.0. The molecule has 230 valence electrons. The molecule has 0 radical (unpaired) electrons. The first kappa shape index (κ1) is 34.5. The van der Waals surface area contributed by atoms with Crippen LogP contribution in [0.2, 0.25) is 0 Å². The summed E-state index contributed by atoms with van der Waals surface area (Å²) < 4.78 is 0. The molecule has 0 saturated carbocycles. The summed E-state index contributed by atoms with van der Waals surface area (Å²) in [5, 5.41) is 29.9. The van der Waals surface area contributed by atoms with Crippen LogP contribution in [0.15, 0.2) is 24.8 Å². The summed E-state index contributed by atoms with van der Waals surface area (Å²) in [6.07, 6.45) is 2.03. The topological polar surface area (TPSA) is 169 Å². The van der Waals surface area contributed by atoms with Gasteiger partial charge in [-0.1, -0.05) is 26.5 Å². The fourth-order valence-corrected chi connectivity index (χ4v) is 6.53. The van der Waals surface area contributed by atoms with Crippen molar-refractivity contribution in [3.05, 3.63) is 75.4 Å². The molecule has 0 saturated heterocycles. The Labute approximate surface area is 303 Å². The van der Waals surface area contributed by atoms with Crippen molar-refractivity contribution in [2.45, 2.75) is 72.1 Å². The first-order valence-electron chi connectivity index (χ1n) is 14.6. The van der Waals surface area contributed by atoms with Crippen LogP contribution < -0.4 is 0 Å². The second kappa shape index (κ2) is 13.6. The molecule has 5 N–H and O–H groups in total. The van der Waals surface area contributed by atoms with Gasteiger partial charge < -0.3 is 25.3 Å². The van der Waals surface area contributed by atoms with Gasteiger partial charge >= 0.3 is 69.3 Å². The van der Waals surface area contributed by atoms with Crippen LogP contribution in [-0.2, 0) is 27.2 Å². The van der Waals surface area contributed by atoms with Gasteiger partial charge in [0.05, 0.1) is 29.1 Å². The van der Waals surface area contributed by atoms with Gasteiger partial charge in [0.15, 0.2) is 0 Å².